The summed E-state index contributed by atoms with van der Waals surface area (Å²) < 4.78 is 0. The number of amides is 2. The lowest BCUT2D eigenvalue weighted by Gasteiger charge is -2.11. The Hall–Kier alpha value is -3.59. The standard InChI is InChI=1S/C26H27ClN6O2.2ClH/c1-28-23(29-2)16-5-10-19(11-6-16)32-25(34)18-9-14-21(22(27)15-18)26(35)33-20-12-7-17(8-13-20)24(30-3)31-4;;/h5-15H,1-4H3,(H,28,29)(H,30,31)(H,32,34)(H,33,35);2*1H. The molecule has 0 heterocycles. The Morgan fingerprint density at radius 3 is 1.43 bits per heavy atom. The third kappa shape index (κ3) is 7.95. The molecule has 0 radical (unpaired) electrons. The molecule has 0 saturated carbocycles. The van der Waals surface area contributed by atoms with Gasteiger partial charge in [0.2, 0.25) is 0 Å². The normalized spacial score (nSPS) is 10.9. The van der Waals surface area contributed by atoms with E-state index in [4.69, 9.17) is 11.6 Å². The molecule has 3 rings (SSSR count). The topological polar surface area (TPSA) is 107 Å². The third-order valence-electron chi connectivity index (χ3n) is 5.23. The minimum atomic E-state index is -0.374. The molecule has 3 aromatic rings. The predicted octanol–water partition coefficient (Wildman–Crippen LogP) is 4.88. The molecule has 0 aliphatic carbocycles. The Kier molecular flexibility index (Phi) is 12.6. The van der Waals surface area contributed by atoms with Crippen LogP contribution in [0.25, 0.3) is 0 Å². The molecule has 196 valence electrons. The molecule has 0 fully saturated rings. The smallest absolute Gasteiger partial charge is 0.257 e. The summed E-state index contributed by atoms with van der Waals surface area (Å²) in [5, 5.41) is 11.8. The van der Waals surface area contributed by atoms with E-state index in [1.807, 2.05) is 24.3 Å². The molecule has 8 nitrogen and oxygen atoms in total. The lowest BCUT2D eigenvalue weighted by molar-refractivity contribution is 0.101. The number of hydrogen-bond acceptors (Lipinski definition) is 4. The van der Waals surface area contributed by atoms with E-state index in [0.717, 1.165) is 22.8 Å². The number of halogens is 3. The van der Waals surface area contributed by atoms with Crippen LogP contribution in [0.3, 0.4) is 0 Å². The largest absolute Gasteiger partial charge is 0.373 e. The van der Waals surface area contributed by atoms with Crippen LogP contribution in [0.1, 0.15) is 31.8 Å². The number of rotatable bonds is 6. The molecule has 37 heavy (non-hydrogen) atoms. The van der Waals surface area contributed by atoms with E-state index in [1.165, 1.54) is 12.1 Å². The van der Waals surface area contributed by atoms with E-state index in [9.17, 15) is 9.59 Å². The van der Waals surface area contributed by atoms with Crippen molar-refractivity contribution in [3.63, 3.8) is 0 Å². The zero-order valence-corrected chi connectivity index (χ0v) is 23.1. The van der Waals surface area contributed by atoms with E-state index in [2.05, 4.69) is 31.3 Å². The van der Waals surface area contributed by atoms with Crippen molar-refractivity contribution in [1.29, 1.82) is 0 Å². The first-order chi connectivity index (χ1) is 16.9. The highest BCUT2D eigenvalue weighted by atomic mass is 35.5. The van der Waals surface area contributed by atoms with E-state index in [-0.39, 0.29) is 47.2 Å². The number of carbonyl (C=O) groups excluding carboxylic acids is 2. The van der Waals surface area contributed by atoms with Crippen molar-refractivity contribution in [3.8, 4) is 0 Å². The van der Waals surface area contributed by atoms with Gasteiger partial charge in [-0.3, -0.25) is 19.6 Å². The van der Waals surface area contributed by atoms with Gasteiger partial charge in [-0.2, -0.15) is 0 Å². The summed E-state index contributed by atoms with van der Waals surface area (Å²) in [6, 6.07) is 19.1. The van der Waals surface area contributed by atoms with Crippen molar-refractivity contribution in [2.45, 2.75) is 0 Å². The monoisotopic (exact) mass is 562 g/mol. The number of amidine groups is 2. The highest BCUT2D eigenvalue weighted by Crippen LogP contribution is 2.21. The average Bonchev–Trinajstić information content (AvgIpc) is 2.87. The van der Waals surface area contributed by atoms with Gasteiger partial charge in [0.15, 0.2) is 0 Å². The molecule has 0 aliphatic rings. The molecule has 0 aliphatic heterocycles. The average molecular weight is 564 g/mol. The Bertz CT molecular complexity index is 1280. The number of nitrogens with one attached hydrogen (secondary N) is 4. The lowest BCUT2D eigenvalue weighted by Crippen LogP contribution is -2.19. The van der Waals surface area contributed by atoms with Crippen LogP contribution in [0, 0.1) is 0 Å². The number of benzene rings is 3. The van der Waals surface area contributed by atoms with Gasteiger partial charge in [0.1, 0.15) is 11.7 Å². The van der Waals surface area contributed by atoms with E-state index >= 15 is 0 Å². The molecule has 3 aromatic carbocycles. The molecule has 2 amide bonds. The van der Waals surface area contributed by atoms with Crippen LogP contribution in [0.2, 0.25) is 5.02 Å². The summed E-state index contributed by atoms with van der Waals surface area (Å²) in [6.45, 7) is 0. The second kappa shape index (κ2) is 14.8. The molecule has 0 spiro atoms. The van der Waals surface area contributed by atoms with E-state index in [1.54, 1.807) is 58.5 Å². The van der Waals surface area contributed by atoms with Crippen molar-refractivity contribution >= 4 is 71.3 Å². The fourth-order valence-corrected chi connectivity index (χ4v) is 3.70. The van der Waals surface area contributed by atoms with E-state index in [0.29, 0.717) is 16.9 Å². The van der Waals surface area contributed by atoms with Crippen molar-refractivity contribution in [1.82, 2.24) is 10.6 Å². The fourth-order valence-electron chi connectivity index (χ4n) is 3.44. The highest BCUT2D eigenvalue weighted by Gasteiger charge is 2.15. The molecule has 0 bridgehead atoms. The number of aliphatic imine (C=N–C) groups is 2. The zero-order chi connectivity index (χ0) is 25.4. The van der Waals surface area contributed by atoms with Gasteiger partial charge in [-0.1, -0.05) is 11.6 Å². The molecule has 0 aromatic heterocycles. The molecule has 11 heteroatoms. The summed E-state index contributed by atoms with van der Waals surface area (Å²) in [4.78, 5) is 33.7. The van der Waals surface area contributed by atoms with Crippen LogP contribution in [-0.2, 0) is 0 Å². The first-order valence-corrected chi connectivity index (χ1v) is 11.2. The first kappa shape index (κ1) is 31.4. The Morgan fingerprint density at radius 2 is 1.05 bits per heavy atom. The number of nitrogens with zero attached hydrogens (tertiary/aromatic N) is 2. The minimum absolute atomic E-state index is 0. The number of hydrogen-bond donors (Lipinski definition) is 4. The maximum absolute atomic E-state index is 12.7. The first-order valence-electron chi connectivity index (χ1n) is 10.8. The van der Waals surface area contributed by atoms with Gasteiger partial charge in [0, 0.05) is 56.3 Å². The predicted molar refractivity (Wildman–Crippen MR) is 158 cm³/mol. The van der Waals surface area contributed by atoms with Gasteiger partial charge in [-0.05, 0) is 66.7 Å². The Labute approximate surface area is 233 Å². The highest BCUT2D eigenvalue weighted by molar-refractivity contribution is 6.35. The van der Waals surface area contributed by atoms with Gasteiger partial charge >= 0.3 is 0 Å². The summed E-state index contributed by atoms with van der Waals surface area (Å²) in [6.07, 6.45) is 0. The maximum atomic E-state index is 12.7. The second-order valence-electron chi connectivity index (χ2n) is 7.40. The SMILES string of the molecule is CN=C(NC)c1ccc(NC(=O)c2ccc(C(=O)Nc3ccc(C(=NC)NC)cc3)c(Cl)c2)cc1.Cl.Cl. The quantitative estimate of drug-likeness (QED) is 0.253. The van der Waals surface area contributed by atoms with Crippen LogP contribution < -0.4 is 21.3 Å². The summed E-state index contributed by atoms with van der Waals surface area (Å²) in [7, 11) is 6.99. The summed E-state index contributed by atoms with van der Waals surface area (Å²) >= 11 is 6.34. The molecule has 4 N–H and O–H groups in total. The van der Waals surface area contributed by atoms with Crippen LogP contribution in [0.15, 0.2) is 76.7 Å². The molecular formula is C26H29Cl3N6O2. The molecule has 0 saturated heterocycles. The van der Waals surface area contributed by atoms with Crippen LogP contribution in [0.5, 0.6) is 0 Å². The van der Waals surface area contributed by atoms with Crippen molar-refractivity contribution in [2.75, 3.05) is 38.8 Å². The lowest BCUT2D eigenvalue weighted by atomic mass is 10.1. The van der Waals surface area contributed by atoms with Gasteiger partial charge in [0.25, 0.3) is 11.8 Å². The van der Waals surface area contributed by atoms with Gasteiger partial charge in [0.05, 0.1) is 10.6 Å². The molecular weight excluding hydrogens is 535 g/mol. The summed E-state index contributed by atoms with van der Waals surface area (Å²) in [5.74, 6) is 0.782. The minimum Gasteiger partial charge on any atom is -0.373 e. The maximum Gasteiger partial charge on any atom is 0.257 e. The Balaban J connectivity index is 0.00000342. The number of carbonyl (C=O) groups is 2. The molecule has 0 unspecified atom stereocenters. The zero-order valence-electron chi connectivity index (χ0n) is 20.8. The van der Waals surface area contributed by atoms with Crippen LogP contribution in [0.4, 0.5) is 11.4 Å². The van der Waals surface area contributed by atoms with Crippen molar-refractivity contribution in [3.05, 3.63) is 94.0 Å². The van der Waals surface area contributed by atoms with Crippen molar-refractivity contribution in [2.24, 2.45) is 9.98 Å². The fraction of sp³-hybridized carbons (Fsp3) is 0.154. The van der Waals surface area contributed by atoms with Gasteiger partial charge in [-0.15, -0.1) is 24.8 Å². The second-order valence-corrected chi connectivity index (χ2v) is 7.81. The third-order valence-corrected chi connectivity index (χ3v) is 5.54. The van der Waals surface area contributed by atoms with Crippen molar-refractivity contribution < 1.29 is 9.59 Å². The molecule has 0 atom stereocenters. The van der Waals surface area contributed by atoms with Crippen LogP contribution >= 0.6 is 36.4 Å². The van der Waals surface area contributed by atoms with Crippen LogP contribution in [-0.4, -0.2) is 51.7 Å². The summed E-state index contributed by atoms with van der Waals surface area (Å²) in [5.41, 5.74) is 3.65. The van der Waals surface area contributed by atoms with Gasteiger partial charge < -0.3 is 21.3 Å². The number of anilines is 2. The van der Waals surface area contributed by atoms with E-state index < -0.39 is 0 Å². The Morgan fingerprint density at radius 1 is 0.649 bits per heavy atom. The van der Waals surface area contributed by atoms with Gasteiger partial charge in [-0.25, -0.2) is 0 Å².